The van der Waals surface area contributed by atoms with Crippen LogP contribution in [-0.2, 0) is 0 Å². The molecular weight excluding hydrogens is 420 g/mol. The summed E-state index contributed by atoms with van der Waals surface area (Å²) in [5.74, 6) is 0.767. The number of aromatic hydroxyl groups is 2. The molecule has 0 fully saturated rings. The van der Waals surface area contributed by atoms with Crippen molar-refractivity contribution in [3.8, 4) is 23.0 Å². The highest BCUT2D eigenvalue weighted by molar-refractivity contribution is 6.05. The van der Waals surface area contributed by atoms with Gasteiger partial charge in [-0.15, -0.1) is 0 Å². The summed E-state index contributed by atoms with van der Waals surface area (Å²) in [6, 6.07) is 25.7. The number of phenolic OH excluding ortho intramolecular Hbond substituents is 2. The third-order valence-electron chi connectivity index (χ3n) is 4.72. The Hall–Kier alpha value is -4.78. The van der Waals surface area contributed by atoms with Crippen LogP contribution in [0.5, 0.6) is 23.0 Å². The molecule has 0 unspecified atom stereocenters. The molecular formula is C26H20N2O5. The first-order chi connectivity index (χ1) is 16.0. The van der Waals surface area contributed by atoms with Crippen LogP contribution in [0, 0.1) is 0 Å². The van der Waals surface area contributed by atoms with Crippen molar-refractivity contribution >= 4 is 23.2 Å². The second-order valence-electron chi connectivity index (χ2n) is 7.15. The molecule has 4 aromatic carbocycles. The quantitative estimate of drug-likeness (QED) is 0.301. The van der Waals surface area contributed by atoms with Crippen LogP contribution >= 0.6 is 0 Å². The Balaban J connectivity index is 1.34. The van der Waals surface area contributed by atoms with Gasteiger partial charge in [0.1, 0.15) is 23.0 Å². The molecule has 4 aromatic rings. The number of amides is 2. The average molecular weight is 440 g/mol. The first-order valence-corrected chi connectivity index (χ1v) is 10.0. The molecule has 2 amide bonds. The van der Waals surface area contributed by atoms with Crippen LogP contribution in [0.2, 0.25) is 0 Å². The molecule has 0 saturated carbocycles. The van der Waals surface area contributed by atoms with E-state index in [4.69, 9.17) is 4.74 Å². The van der Waals surface area contributed by atoms with Crippen molar-refractivity contribution < 1.29 is 24.5 Å². The van der Waals surface area contributed by atoms with Gasteiger partial charge in [-0.3, -0.25) is 9.59 Å². The van der Waals surface area contributed by atoms with Crippen molar-refractivity contribution in [2.24, 2.45) is 0 Å². The Labute approximate surface area is 189 Å². The summed E-state index contributed by atoms with van der Waals surface area (Å²) in [5.41, 5.74) is 2.06. The predicted octanol–water partition coefficient (Wildman–Crippen LogP) is 5.39. The van der Waals surface area contributed by atoms with E-state index < -0.39 is 0 Å². The van der Waals surface area contributed by atoms with E-state index in [0.717, 1.165) is 0 Å². The summed E-state index contributed by atoms with van der Waals surface area (Å²) in [4.78, 5) is 24.7. The van der Waals surface area contributed by atoms with Crippen molar-refractivity contribution in [2.45, 2.75) is 0 Å². The number of rotatable bonds is 6. The zero-order valence-corrected chi connectivity index (χ0v) is 17.4. The van der Waals surface area contributed by atoms with Gasteiger partial charge in [0.15, 0.2) is 0 Å². The van der Waals surface area contributed by atoms with Gasteiger partial charge in [0.25, 0.3) is 11.8 Å². The lowest BCUT2D eigenvalue weighted by atomic mass is 10.2. The van der Waals surface area contributed by atoms with E-state index >= 15 is 0 Å². The maximum absolute atomic E-state index is 12.4. The summed E-state index contributed by atoms with van der Waals surface area (Å²) < 4.78 is 5.79. The van der Waals surface area contributed by atoms with E-state index in [1.807, 2.05) is 0 Å². The Kier molecular flexibility index (Phi) is 6.22. The van der Waals surface area contributed by atoms with E-state index in [2.05, 4.69) is 10.6 Å². The molecule has 0 aliphatic heterocycles. The SMILES string of the molecule is O=C(Nc1ccc(O)cc1)c1ccc(Oc2ccc(C(=O)Nc3ccc(O)cc3)cc2)cc1. The van der Waals surface area contributed by atoms with Gasteiger partial charge in [0.05, 0.1) is 0 Å². The number of benzene rings is 4. The summed E-state index contributed by atoms with van der Waals surface area (Å²) in [6.45, 7) is 0. The van der Waals surface area contributed by atoms with Gasteiger partial charge in [-0.1, -0.05) is 0 Å². The van der Waals surface area contributed by atoms with Crippen LogP contribution in [0.1, 0.15) is 20.7 Å². The molecule has 0 heterocycles. The molecule has 4 rings (SSSR count). The lowest BCUT2D eigenvalue weighted by Gasteiger charge is -2.09. The van der Waals surface area contributed by atoms with E-state index in [-0.39, 0.29) is 23.3 Å². The number of ether oxygens (including phenoxy) is 1. The molecule has 0 saturated heterocycles. The van der Waals surface area contributed by atoms with E-state index in [0.29, 0.717) is 34.0 Å². The van der Waals surface area contributed by atoms with Crippen LogP contribution in [0.4, 0.5) is 11.4 Å². The first kappa shape index (κ1) is 21.5. The van der Waals surface area contributed by atoms with Crippen molar-refractivity contribution in [2.75, 3.05) is 10.6 Å². The highest BCUT2D eigenvalue weighted by Crippen LogP contribution is 2.23. The molecule has 33 heavy (non-hydrogen) atoms. The lowest BCUT2D eigenvalue weighted by molar-refractivity contribution is 0.101. The minimum atomic E-state index is -0.281. The van der Waals surface area contributed by atoms with Gasteiger partial charge in [0.2, 0.25) is 0 Å². The Morgan fingerprint density at radius 1 is 0.515 bits per heavy atom. The molecule has 164 valence electrons. The summed E-state index contributed by atoms with van der Waals surface area (Å²) in [5, 5.41) is 24.1. The third kappa shape index (κ3) is 5.68. The van der Waals surface area contributed by atoms with Crippen molar-refractivity contribution in [3.63, 3.8) is 0 Å². The molecule has 7 heteroatoms. The third-order valence-corrected chi connectivity index (χ3v) is 4.72. The normalized spacial score (nSPS) is 10.3. The number of hydrogen-bond donors (Lipinski definition) is 4. The molecule has 0 aliphatic rings. The Bertz CT molecular complexity index is 1150. The van der Waals surface area contributed by atoms with Gasteiger partial charge in [0, 0.05) is 22.5 Å². The summed E-state index contributed by atoms with van der Waals surface area (Å²) >= 11 is 0. The van der Waals surface area contributed by atoms with Gasteiger partial charge in [-0.2, -0.15) is 0 Å². The zero-order valence-electron chi connectivity index (χ0n) is 17.4. The predicted molar refractivity (Wildman–Crippen MR) is 125 cm³/mol. The fraction of sp³-hybridized carbons (Fsp3) is 0. The molecule has 4 N–H and O–H groups in total. The first-order valence-electron chi connectivity index (χ1n) is 10.0. The number of anilines is 2. The number of nitrogens with one attached hydrogen (secondary N) is 2. The maximum atomic E-state index is 12.4. The highest BCUT2D eigenvalue weighted by atomic mass is 16.5. The number of hydrogen-bond acceptors (Lipinski definition) is 5. The van der Waals surface area contributed by atoms with Crippen LogP contribution in [0.3, 0.4) is 0 Å². The van der Waals surface area contributed by atoms with E-state index in [9.17, 15) is 19.8 Å². The summed E-state index contributed by atoms with van der Waals surface area (Å²) in [6.07, 6.45) is 0. The molecule has 0 atom stereocenters. The fourth-order valence-corrected chi connectivity index (χ4v) is 2.98. The van der Waals surface area contributed by atoms with E-state index in [1.54, 1.807) is 72.8 Å². The Morgan fingerprint density at radius 3 is 1.18 bits per heavy atom. The maximum Gasteiger partial charge on any atom is 0.255 e. The fourth-order valence-electron chi connectivity index (χ4n) is 2.98. The van der Waals surface area contributed by atoms with Crippen molar-refractivity contribution in [3.05, 3.63) is 108 Å². The van der Waals surface area contributed by atoms with Gasteiger partial charge >= 0.3 is 0 Å². The molecule has 0 aromatic heterocycles. The zero-order chi connectivity index (χ0) is 23.2. The molecule has 0 bridgehead atoms. The standard InChI is InChI=1S/C26H20N2O5/c29-21-9-5-19(6-10-21)27-25(31)17-1-13-23(14-2-17)33-24-15-3-18(4-16-24)26(32)28-20-7-11-22(30)12-8-20/h1-16,29-30H,(H,27,31)(H,28,32). The van der Waals surface area contributed by atoms with Crippen molar-refractivity contribution in [1.82, 2.24) is 0 Å². The number of carbonyl (C=O) groups is 2. The van der Waals surface area contributed by atoms with Crippen LogP contribution in [0.15, 0.2) is 97.1 Å². The molecule has 7 nitrogen and oxygen atoms in total. The molecule has 0 radical (unpaired) electrons. The number of carbonyl (C=O) groups excluding carboxylic acids is 2. The second kappa shape index (κ2) is 9.57. The van der Waals surface area contributed by atoms with Crippen LogP contribution < -0.4 is 15.4 Å². The lowest BCUT2D eigenvalue weighted by Crippen LogP contribution is -2.11. The summed E-state index contributed by atoms with van der Waals surface area (Å²) in [7, 11) is 0. The average Bonchev–Trinajstić information content (AvgIpc) is 2.83. The molecule has 0 aliphatic carbocycles. The van der Waals surface area contributed by atoms with Gasteiger partial charge in [-0.05, 0) is 97.1 Å². The topological polar surface area (TPSA) is 108 Å². The van der Waals surface area contributed by atoms with Crippen LogP contribution in [0.25, 0.3) is 0 Å². The number of phenols is 2. The highest BCUT2D eigenvalue weighted by Gasteiger charge is 2.09. The minimum absolute atomic E-state index is 0.125. The van der Waals surface area contributed by atoms with E-state index in [1.165, 1.54) is 24.3 Å². The van der Waals surface area contributed by atoms with Crippen LogP contribution in [-0.4, -0.2) is 22.0 Å². The largest absolute Gasteiger partial charge is 0.508 e. The molecule has 0 spiro atoms. The monoisotopic (exact) mass is 440 g/mol. The van der Waals surface area contributed by atoms with Gasteiger partial charge in [-0.25, -0.2) is 0 Å². The smallest absolute Gasteiger partial charge is 0.255 e. The second-order valence-corrected chi connectivity index (χ2v) is 7.15. The Morgan fingerprint density at radius 2 is 0.848 bits per heavy atom. The van der Waals surface area contributed by atoms with Gasteiger partial charge < -0.3 is 25.6 Å². The van der Waals surface area contributed by atoms with Crippen molar-refractivity contribution in [1.29, 1.82) is 0 Å². The minimum Gasteiger partial charge on any atom is -0.508 e.